The molecule has 1 aromatic rings. The lowest BCUT2D eigenvalue weighted by Crippen LogP contribution is -2.44. The zero-order chi connectivity index (χ0) is 14.3. The van der Waals surface area contributed by atoms with Gasteiger partial charge in [0.25, 0.3) is 0 Å². The van der Waals surface area contributed by atoms with Gasteiger partial charge in [0.05, 0.1) is 5.56 Å². The number of halogens is 1. The minimum atomic E-state index is -1.23. The number of carboxylic acids is 1. The molecule has 2 N–H and O–H groups in total. The Labute approximate surface area is 117 Å². The summed E-state index contributed by atoms with van der Waals surface area (Å²) in [7, 11) is 2.18. The molecule has 2 fully saturated rings. The minimum Gasteiger partial charge on any atom is -0.478 e. The Morgan fingerprint density at radius 1 is 1.35 bits per heavy atom. The first-order valence-corrected chi connectivity index (χ1v) is 7.06. The van der Waals surface area contributed by atoms with Crippen molar-refractivity contribution in [2.75, 3.05) is 12.4 Å². The van der Waals surface area contributed by atoms with Gasteiger partial charge in [-0.15, -0.1) is 0 Å². The van der Waals surface area contributed by atoms with Gasteiger partial charge in [0.1, 0.15) is 5.82 Å². The molecule has 0 saturated carbocycles. The number of aromatic carboxylic acids is 1. The van der Waals surface area contributed by atoms with Gasteiger partial charge in [-0.3, -0.25) is 0 Å². The van der Waals surface area contributed by atoms with Crippen LogP contribution in [0.5, 0.6) is 0 Å². The molecule has 2 aliphatic heterocycles. The van der Waals surface area contributed by atoms with Crippen LogP contribution in [0, 0.1) is 5.82 Å². The second kappa shape index (κ2) is 5.05. The van der Waals surface area contributed by atoms with E-state index in [4.69, 9.17) is 5.11 Å². The third kappa shape index (κ3) is 2.38. The zero-order valence-corrected chi connectivity index (χ0v) is 11.5. The van der Waals surface area contributed by atoms with Crippen LogP contribution in [0.2, 0.25) is 0 Å². The second-order valence-electron chi connectivity index (χ2n) is 5.86. The van der Waals surface area contributed by atoms with Gasteiger partial charge in [-0.05, 0) is 50.9 Å². The molecule has 3 rings (SSSR count). The first kappa shape index (κ1) is 13.4. The molecule has 0 spiro atoms. The van der Waals surface area contributed by atoms with E-state index in [0.29, 0.717) is 23.8 Å². The van der Waals surface area contributed by atoms with Crippen molar-refractivity contribution >= 4 is 11.7 Å². The van der Waals surface area contributed by atoms with E-state index in [2.05, 4.69) is 17.3 Å². The van der Waals surface area contributed by atoms with Gasteiger partial charge in [-0.1, -0.05) is 0 Å². The lowest BCUT2D eigenvalue weighted by atomic mass is 9.97. The van der Waals surface area contributed by atoms with Gasteiger partial charge in [-0.25, -0.2) is 9.18 Å². The highest BCUT2D eigenvalue weighted by atomic mass is 19.1. The third-order valence-corrected chi connectivity index (χ3v) is 4.67. The predicted octanol–water partition coefficient (Wildman–Crippen LogP) is 2.56. The Balaban J connectivity index is 1.73. The quantitative estimate of drug-likeness (QED) is 0.892. The van der Waals surface area contributed by atoms with Crippen LogP contribution in [0.1, 0.15) is 36.0 Å². The van der Waals surface area contributed by atoms with Crippen molar-refractivity contribution in [2.45, 2.75) is 43.8 Å². The molecule has 2 aliphatic rings. The number of benzene rings is 1. The summed E-state index contributed by atoms with van der Waals surface area (Å²) in [6, 6.07) is 5.79. The Bertz CT molecular complexity index is 521. The van der Waals surface area contributed by atoms with Crippen LogP contribution in [-0.2, 0) is 0 Å². The van der Waals surface area contributed by atoms with E-state index < -0.39 is 11.8 Å². The topological polar surface area (TPSA) is 52.6 Å². The Morgan fingerprint density at radius 2 is 2.00 bits per heavy atom. The van der Waals surface area contributed by atoms with Gasteiger partial charge >= 0.3 is 5.97 Å². The number of fused-ring (bicyclic) bond motifs is 2. The number of piperidine rings is 1. The summed E-state index contributed by atoms with van der Waals surface area (Å²) < 4.78 is 13.4. The van der Waals surface area contributed by atoms with Gasteiger partial charge in [-0.2, -0.15) is 0 Å². The molecule has 4 nitrogen and oxygen atoms in total. The fourth-order valence-corrected chi connectivity index (χ4v) is 3.54. The van der Waals surface area contributed by atoms with E-state index in [1.54, 1.807) is 6.07 Å². The van der Waals surface area contributed by atoms with E-state index in [9.17, 15) is 9.18 Å². The Hall–Kier alpha value is -1.62. The molecule has 0 radical (unpaired) electrons. The fourth-order valence-electron chi connectivity index (χ4n) is 3.54. The molecule has 5 heteroatoms. The van der Waals surface area contributed by atoms with E-state index in [-0.39, 0.29) is 5.56 Å². The van der Waals surface area contributed by atoms with Crippen LogP contribution in [0.4, 0.5) is 10.1 Å². The highest BCUT2D eigenvalue weighted by molar-refractivity contribution is 5.89. The molecule has 2 heterocycles. The number of hydrogen-bond acceptors (Lipinski definition) is 3. The normalized spacial score (nSPS) is 29.4. The second-order valence-corrected chi connectivity index (χ2v) is 5.86. The molecule has 2 saturated heterocycles. The summed E-state index contributed by atoms with van der Waals surface area (Å²) in [5.41, 5.74) is 0.420. The SMILES string of the molecule is CN1C2CCC1CC(Nc1ccc(F)c(C(=O)O)c1)C2. The van der Waals surface area contributed by atoms with Gasteiger partial charge < -0.3 is 15.3 Å². The maximum Gasteiger partial charge on any atom is 0.338 e. The zero-order valence-electron chi connectivity index (χ0n) is 11.5. The average Bonchev–Trinajstić information content (AvgIpc) is 2.63. The summed E-state index contributed by atoms with van der Waals surface area (Å²) >= 11 is 0. The first-order valence-electron chi connectivity index (χ1n) is 7.06. The molecule has 108 valence electrons. The van der Waals surface area contributed by atoms with Crippen LogP contribution in [-0.4, -0.2) is 41.1 Å². The Morgan fingerprint density at radius 3 is 2.60 bits per heavy atom. The van der Waals surface area contributed by atoms with Crippen LogP contribution in [0.25, 0.3) is 0 Å². The van der Waals surface area contributed by atoms with Crippen molar-refractivity contribution in [3.8, 4) is 0 Å². The maximum atomic E-state index is 13.4. The van der Waals surface area contributed by atoms with E-state index in [1.807, 2.05) is 0 Å². The highest BCUT2D eigenvalue weighted by Gasteiger charge is 2.38. The van der Waals surface area contributed by atoms with Crippen LogP contribution >= 0.6 is 0 Å². The van der Waals surface area contributed by atoms with E-state index >= 15 is 0 Å². The van der Waals surface area contributed by atoms with Crippen molar-refractivity contribution in [1.82, 2.24) is 4.90 Å². The molecule has 2 atom stereocenters. The summed E-state index contributed by atoms with van der Waals surface area (Å²) in [5.74, 6) is -1.92. The van der Waals surface area contributed by atoms with Gasteiger partial charge in [0.15, 0.2) is 0 Å². The summed E-state index contributed by atoms with van der Waals surface area (Å²) in [5, 5.41) is 12.3. The molecule has 2 unspecified atom stereocenters. The minimum absolute atomic E-state index is 0.272. The number of carbonyl (C=O) groups is 1. The van der Waals surface area contributed by atoms with Crippen molar-refractivity contribution < 1.29 is 14.3 Å². The van der Waals surface area contributed by atoms with Crippen LogP contribution in [0.15, 0.2) is 18.2 Å². The summed E-state index contributed by atoms with van der Waals surface area (Å²) in [6.45, 7) is 0. The largest absolute Gasteiger partial charge is 0.478 e. The number of hydrogen-bond donors (Lipinski definition) is 2. The smallest absolute Gasteiger partial charge is 0.338 e. The molecule has 0 aliphatic carbocycles. The highest BCUT2D eigenvalue weighted by Crippen LogP contribution is 2.35. The molecular weight excluding hydrogens is 259 g/mol. The van der Waals surface area contributed by atoms with Gasteiger partial charge in [0.2, 0.25) is 0 Å². The van der Waals surface area contributed by atoms with E-state index in [1.165, 1.54) is 25.0 Å². The van der Waals surface area contributed by atoms with Crippen molar-refractivity contribution in [2.24, 2.45) is 0 Å². The van der Waals surface area contributed by atoms with Crippen molar-refractivity contribution in [3.05, 3.63) is 29.6 Å². The molecule has 0 amide bonds. The third-order valence-electron chi connectivity index (χ3n) is 4.67. The number of nitrogens with one attached hydrogen (secondary N) is 1. The molecule has 0 aromatic heterocycles. The predicted molar refractivity (Wildman–Crippen MR) is 74.6 cm³/mol. The fraction of sp³-hybridized carbons (Fsp3) is 0.533. The average molecular weight is 278 g/mol. The van der Waals surface area contributed by atoms with Crippen LogP contribution < -0.4 is 5.32 Å². The van der Waals surface area contributed by atoms with E-state index in [0.717, 1.165) is 12.8 Å². The lowest BCUT2D eigenvalue weighted by Gasteiger charge is -2.37. The maximum absolute atomic E-state index is 13.4. The number of carboxylic acid groups (broad SMARTS) is 1. The molecule has 2 bridgehead atoms. The summed E-state index contributed by atoms with van der Waals surface area (Å²) in [6.07, 6.45) is 4.60. The summed E-state index contributed by atoms with van der Waals surface area (Å²) in [4.78, 5) is 13.4. The number of anilines is 1. The van der Waals surface area contributed by atoms with Crippen molar-refractivity contribution in [1.29, 1.82) is 0 Å². The van der Waals surface area contributed by atoms with Crippen LogP contribution in [0.3, 0.4) is 0 Å². The monoisotopic (exact) mass is 278 g/mol. The Kier molecular flexibility index (Phi) is 3.38. The molecule has 20 heavy (non-hydrogen) atoms. The molecule has 1 aromatic carbocycles. The first-order chi connectivity index (χ1) is 9.54. The lowest BCUT2D eigenvalue weighted by molar-refractivity contribution is 0.0692. The van der Waals surface area contributed by atoms with Crippen molar-refractivity contribution in [3.63, 3.8) is 0 Å². The number of rotatable bonds is 3. The molecular formula is C15H19FN2O2. The standard InChI is InChI=1S/C15H19FN2O2/c1-18-11-3-4-12(18)7-10(6-11)17-9-2-5-14(16)13(8-9)15(19)20/h2,5,8,10-12,17H,3-4,6-7H2,1H3,(H,19,20). The van der Waals surface area contributed by atoms with Gasteiger partial charge in [0, 0.05) is 23.8 Å². The number of nitrogens with zero attached hydrogens (tertiary/aromatic N) is 1.